The number of carbonyl (C=O) groups is 1. The summed E-state index contributed by atoms with van der Waals surface area (Å²) in [6, 6.07) is 3.19. The molecule has 4 atom stereocenters. The molecule has 198 valence electrons. The van der Waals surface area contributed by atoms with Crippen molar-refractivity contribution in [3.05, 3.63) is 29.8 Å². The number of rotatable bonds is 8. The number of hydrogen-bond acceptors (Lipinski definition) is 4. The maximum Gasteiger partial charge on any atom is 0.416 e. The van der Waals surface area contributed by atoms with E-state index < -0.39 is 21.8 Å². The second-order valence-corrected chi connectivity index (χ2v) is 13.5. The van der Waals surface area contributed by atoms with E-state index in [-0.39, 0.29) is 46.7 Å². The van der Waals surface area contributed by atoms with Gasteiger partial charge >= 0.3 is 6.18 Å². The molecule has 1 heterocycles. The van der Waals surface area contributed by atoms with Gasteiger partial charge in [-0.05, 0) is 66.7 Å². The molecule has 0 radical (unpaired) electrons. The number of alkyl halides is 3. The molecule has 3 rings (SSSR count). The monoisotopic (exact) mass is 517 g/mol. The number of amides is 1. The van der Waals surface area contributed by atoms with E-state index in [0.29, 0.717) is 25.4 Å². The minimum atomic E-state index is -4.52. The molecule has 1 aromatic rings. The van der Waals surface area contributed by atoms with E-state index in [9.17, 15) is 26.4 Å². The number of carbonyl (C=O) groups excluding carboxylic acids is 1. The lowest BCUT2D eigenvalue weighted by Crippen LogP contribution is -2.51. The molecular weight excluding hydrogens is 479 g/mol. The summed E-state index contributed by atoms with van der Waals surface area (Å²) in [7, 11) is -3.91. The third kappa shape index (κ3) is 6.98. The molecule has 0 spiro atoms. The van der Waals surface area contributed by atoms with Crippen LogP contribution in [0.15, 0.2) is 29.2 Å². The molecule has 0 unspecified atom stereocenters. The minimum Gasteiger partial charge on any atom is -0.352 e. The standard InChI is InChI=1S/C25H38F3N3O3S/c1-16(2)12-22(29-15-24(3,4)5)23(32)30-21-11-6-17-13-31(14-20(17)21)35(33,34)19-9-7-18(8-10-19)25(26,27)28/h7-10,16-17,20-22,29H,6,11-15H2,1-5H3,(H,30,32)/t17-,20+,21+,22+/m1/s1. The Hall–Kier alpha value is -1.65. The van der Waals surface area contributed by atoms with Crippen LogP contribution in [0, 0.1) is 23.2 Å². The van der Waals surface area contributed by atoms with E-state index in [4.69, 9.17) is 0 Å². The van der Waals surface area contributed by atoms with Crippen LogP contribution in [-0.2, 0) is 21.0 Å². The third-order valence-corrected chi connectivity index (χ3v) is 8.72. The van der Waals surface area contributed by atoms with Crippen molar-refractivity contribution in [3.63, 3.8) is 0 Å². The summed E-state index contributed by atoms with van der Waals surface area (Å²) in [5.41, 5.74) is -0.847. The smallest absolute Gasteiger partial charge is 0.352 e. The van der Waals surface area contributed by atoms with Crippen molar-refractivity contribution in [3.8, 4) is 0 Å². The summed E-state index contributed by atoms with van der Waals surface area (Å²) < 4.78 is 66.1. The molecule has 10 heteroatoms. The fraction of sp³-hybridized carbons (Fsp3) is 0.720. The van der Waals surface area contributed by atoms with Gasteiger partial charge < -0.3 is 10.6 Å². The molecule has 35 heavy (non-hydrogen) atoms. The molecule has 1 saturated carbocycles. The highest BCUT2D eigenvalue weighted by molar-refractivity contribution is 7.89. The SMILES string of the molecule is CC(C)C[C@H](NCC(C)(C)C)C(=O)N[C@H]1CC[C@@H]2CN(S(=O)(=O)c3ccc(C(F)(F)F)cc3)C[C@@H]21. The van der Waals surface area contributed by atoms with Gasteiger partial charge in [-0.3, -0.25) is 4.79 Å². The van der Waals surface area contributed by atoms with Gasteiger partial charge in [0.15, 0.2) is 0 Å². The van der Waals surface area contributed by atoms with E-state index >= 15 is 0 Å². The van der Waals surface area contributed by atoms with Crippen molar-refractivity contribution in [2.24, 2.45) is 23.2 Å². The Kier molecular flexibility index (Phi) is 8.28. The Morgan fingerprint density at radius 3 is 2.26 bits per heavy atom. The number of sulfonamides is 1. The molecule has 2 N–H and O–H groups in total. The highest BCUT2D eigenvalue weighted by atomic mass is 32.2. The first kappa shape index (κ1) is 27.9. The Morgan fingerprint density at radius 1 is 1.09 bits per heavy atom. The van der Waals surface area contributed by atoms with Crippen LogP contribution in [0.3, 0.4) is 0 Å². The lowest BCUT2D eigenvalue weighted by atomic mass is 9.94. The summed E-state index contributed by atoms with van der Waals surface area (Å²) in [5.74, 6) is 0.393. The average Bonchev–Trinajstić information content (AvgIpc) is 3.32. The van der Waals surface area contributed by atoms with Crippen molar-refractivity contribution in [2.45, 2.75) is 77.0 Å². The predicted molar refractivity (Wildman–Crippen MR) is 129 cm³/mol. The third-order valence-electron chi connectivity index (χ3n) is 6.87. The Bertz CT molecular complexity index is 988. The first-order valence-electron chi connectivity index (χ1n) is 12.3. The second-order valence-electron chi connectivity index (χ2n) is 11.6. The molecular formula is C25H38F3N3O3S. The van der Waals surface area contributed by atoms with Gasteiger partial charge in [0.2, 0.25) is 15.9 Å². The number of fused-ring (bicyclic) bond motifs is 1. The number of nitrogens with one attached hydrogen (secondary N) is 2. The minimum absolute atomic E-state index is 0.00881. The summed E-state index contributed by atoms with van der Waals surface area (Å²) in [4.78, 5) is 13.0. The van der Waals surface area contributed by atoms with Gasteiger partial charge in [0.25, 0.3) is 0 Å². The van der Waals surface area contributed by atoms with Crippen molar-refractivity contribution >= 4 is 15.9 Å². The zero-order chi connectivity index (χ0) is 26.2. The van der Waals surface area contributed by atoms with Crippen LogP contribution < -0.4 is 10.6 Å². The summed E-state index contributed by atoms with van der Waals surface area (Å²) in [5, 5.41) is 6.58. The van der Waals surface area contributed by atoms with Crippen molar-refractivity contribution in [1.82, 2.24) is 14.9 Å². The van der Waals surface area contributed by atoms with Gasteiger partial charge in [0.1, 0.15) is 0 Å². The van der Waals surface area contributed by atoms with E-state index in [1.54, 1.807) is 0 Å². The fourth-order valence-corrected chi connectivity index (χ4v) is 6.57. The average molecular weight is 518 g/mol. The molecule has 1 aliphatic heterocycles. The largest absolute Gasteiger partial charge is 0.416 e. The lowest BCUT2D eigenvalue weighted by molar-refractivity contribution is -0.137. The Morgan fingerprint density at radius 2 is 1.71 bits per heavy atom. The highest BCUT2D eigenvalue weighted by Gasteiger charge is 2.47. The van der Waals surface area contributed by atoms with Crippen LogP contribution in [0.2, 0.25) is 0 Å². The number of hydrogen-bond donors (Lipinski definition) is 2. The molecule has 1 aliphatic carbocycles. The van der Waals surface area contributed by atoms with Gasteiger partial charge in [-0.2, -0.15) is 17.5 Å². The number of benzene rings is 1. The van der Waals surface area contributed by atoms with Crippen LogP contribution in [0.1, 0.15) is 59.4 Å². The van der Waals surface area contributed by atoms with Crippen molar-refractivity contribution < 1.29 is 26.4 Å². The summed E-state index contributed by atoms with van der Waals surface area (Å²) >= 11 is 0. The molecule has 6 nitrogen and oxygen atoms in total. The first-order valence-corrected chi connectivity index (χ1v) is 13.7. The zero-order valence-electron chi connectivity index (χ0n) is 21.2. The Labute approximate surface area is 207 Å². The van der Waals surface area contributed by atoms with E-state index in [0.717, 1.165) is 37.1 Å². The maximum absolute atomic E-state index is 13.2. The predicted octanol–water partition coefficient (Wildman–Crippen LogP) is 4.27. The van der Waals surface area contributed by atoms with E-state index in [1.807, 2.05) is 0 Å². The maximum atomic E-state index is 13.2. The van der Waals surface area contributed by atoms with Crippen LogP contribution in [0.25, 0.3) is 0 Å². The van der Waals surface area contributed by atoms with Gasteiger partial charge in [-0.15, -0.1) is 0 Å². The van der Waals surface area contributed by atoms with Crippen LogP contribution >= 0.6 is 0 Å². The van der Waals surface area contributed by atoms with Crippen LogP contribution in [0.5, 0.6) is 0 Å². The van der Waals surface area contributed by atoms with Gasteiger partial charge in [0, 0.05) is 25.7 Å². The quantitative estimate of drug-likeness (QED) is 0.540. The normalized spacial score (nSPS) is 24.5. The number of nitrogens with zero attached hydrogens (tertiary/aromatic N) is 1. The zero-order valence-corrected chi connectivity index (χ0v) is 22.0. The molecule has 2 aliphatic rings. The summed E-state index contributed by atoms with van der Waals surface area (Å²) in [6.07, 6.45) is -2.22. The Balaban J connectivity index is 1.66. The molecule has 0 bridgehead atoms. The molecule has 2 fully saturated rings. The van der Waals surface area contributed by atoms with E-state index in [2.05, 4.69) is 45.3 Å². The molecule has 0 aromatic heterocycles. The van der Waals surface area contributed by atoms with Gasteiger partial charge in [0.05, 0.1) is 16.5 Å². The fourth-order valence-electron chi connectivity index (χ4n) is 5.03. The van der Waals surface area contributed by atoms with Crippen molar-refractivity contribution in [2.75, 3.05) is 19.6 Å². The van der Waals surface area contributed by atoms with Gasteiger partial charge in [-0.1, -0.05) is 34.6 Å². The number of halogens is 3. The van der Waals surface area contributed by atoms with Crippen molar-refractivity contribution in [1.29, 1.82) is 0 Å². The highest BCUT2D eigenvalue weighted by Crippen LogP contribution is 2.40. The van der Waals surface area contributed by atoms with Crippen LogP contribution in [0.4, 0.5) is 13.2 Å². The lowest BCUT2D eigenvalue weighted by Gasteiger charge is -2.28. The first-order chi connectivity index (χ1) is 16.1. The van der Waals surface area contributed by atoms with E-state index in [1.165, 1.54) is 4.31 Å². The molecule has 1 saturated heterocycles. The molecule has 1 amide bonds. The second kappa shape index (κ2) is 10.4. The topological polar surface area (TPSA) is 78.5 Å². The summed E-state index contributed by atoms with van der Waals surface area (Å²) in [6.45, 7) is 11.7. The van der Waals surface area contributed by atoms with Crippen LogP contribution in [-0.4, -0.2) is 50.3 Å². The molecule has 1 aromatic carbocycles. The van der Waals surface area contributed by atoms with Gasteiger partial charge in [-0.25, -0.2) is 8.42 Å².